The molecule has 1 unspecified atom stereocenters. The van der Waals surface area contributed by atoms with E-state index in [0.717, 1.165) is 32.2 Å². The van der Waals surface area contributed by atoms with E-state index in [0.29, 0.717) is 12.0 Å². The van der Waals surface area contributed by atoms with Gasteiger partial charge in [-0.3, -0.25) is 4.79 Å². The van der Waals surface area contributed by atoms with Crippen LogP contribution in [0.2, 0.25) is 0 Å². The zero-order valence-electron chi connectivity index (χ0n) is 12.4. The molecule has 1 aromatic rings. The lowest BCUT2D eigenvalue weighted by Crippen LogP contribution is -2.36. The van der Waals surface area contributed by atoms with E-state index < -0.39 is 5.97 Å². The minimum absolute atomic E-state index is 0.123. The van der Waals surface area contributed by atoms with Crippen LogP contribution in [0, 0.1) is 12.8 Å². The normalized spacial score (nSPS) is 24.3. The van der Waals surface area contributed by atoms with Gasteiger partial charge in [0.25, 0.3) is 0 Å². The summed E-state index contributed by atoms with van der Waals surface area (Å²) in [5.41, 5.74) is 2.66. The molecule has 0 radical (unpaired) electrons. The van der Waals surface area contributed by atoms with Crippen molar-refractivity contribution in [3.63, 3.8) is 0 Å². The van der Waals surface area contributed by atoms with Crippen molar-refractivity contribution in [3.8, 4) is 0 Å². The van der Waals surface area contributed by atoms with Crippen molar-refractivity contribution < 1.29 is 9.90 Å². The van der Waals surface area contributed by atoms with E-state index >= 15 is 0 Å². The molecule has 0 aliphatic heterocycles. The van der Waals surface area contributed by atoms with E-state index in [2.05, 4.69) is 43.4 Å². The molecule has 1 aliphatic carbocycles. The highest BCUT2D eigenvalue weighted by molar-refractivity contribution is 5.70. The number of hydrogen-bond acceptors (Lipinski definition) is 2. The summed E-state index contributed by atoms with van der Waals surface area (Å²) in [4.78, 5) is 10.9. The third kappa shape index (κ3) is 4.07. The molecule has 2 rings (SSSR count). The molecule has 110 valence electrons. The molecule has 0 saturated heterocycles. The predicted molar refractivity (Wildman–Crippen MR) is 81.0 cm³/mol. The summed E-state index contributed by atoms with van der Waals surface area (Å²) in [5.74, 6) is -0.258. The minimum atomic E-state index is -0.628. The lowest BCUT2D eigenvalue weighted by atomic mass is 9.86. The maximum atomic E-state index is 10.9. The molecule has 0 amide bonds. The van der Waals surface area contributed by atoms with Crippen LogP contribution in [0.1, 0.15) is 49.7 Å². The first kappa shape index (κ1) is 15.0. The maximum absolute atomic E-state index is 10.9. The molecule has 0 spiro atoms. The number of nitrogens with one attached hydrogen (secondary N) is 1. The number of hydrogen-bond donors (Lipinski definition) is 2. The summed E-state index contributed by atoms with van der Waals surface area (Å²) in [6.07, 6.45) is 3.59. The minimum Gasteiger partial charge on any atom is -0.481 e. The molecule has 1 saturated carbocycles. The topological polar surface area (TPSA) is 49.3 Å². The maximum Gasteiger partial charge on any atom is 0.306 e. The van der Waals surface area contributed by atoms with Gasteiger partial charge >= 0.3 is 5.97 Å². The number of benzene rings is 1. The molecule has 1 aromatic carbocycles. The highest BCUT2D eigenvalue weighted by atomic mass is 16.4. The van der Waals surface area contributed by atoms with E-state index in [1.54, 1.807) is 0 Å². The number of carbonyl (C=O) groups is 1. The van der Waals surface area contributed by atoms with Crippen LogP contribution in [0.15, 0.2) is 24.3 Å². The van der Waals surface area contributed by atoms with E-state index in [-0.39, 0.29) is 5.92 Å². The van der Waals surface area contributed by atoms with Crippen molar-refractivity contribution in [2.24, 2.45) is 5.92 Å². The molecule has 1 aliphatic rings. The summed E-state index contributed by atoms with van der Waals surface area (Å²) in [6.45, 7) is 5.31. The fourth-order valence-corrected chi connectivity index (χ4v) is 2.90. The zero-order valence-corrected chi connectivity index (χ0v) is 12.4. The Labute approximate surface area is 121 Å². The fourth-order valence-electron chi connectivity index (χ4n) is 2.90. The number of rotatable bonds is 5. The van der Waals surface area contributed by atoms with Crippen LogP contribution in [0.5, 0.6) is 0 Å². The Morgan fingerprint density at radius 3 is 2.40 bits per heavy atom. The number of aryl methyl sites for hydroxylation is 1. The summed E-state index contributed by atoms with van der Waals surface area (Å²) in [6, 6.07) is 9.19. The van der Waals surface area contributed by atoms with Crippen LogP contribution in [0.3, 0.4) is 0 Å². The lowest BCUT2D eigenvalue weighted by Gasteiger charge is -2.28. The average molecular weight is 275 g/mol. The second-order valence-corrected chi connectivity index (χ2v) is 6.11. The molecule has 3 nitrogen and oxygen atoms in total. The average Bonchev–Trinajstić information content (AvgIpc) is 2.46. The van der Waals surface area contributed by atoms with Gasteiger partial charge in [0, 0.05) is 12.6 Å². The van der Waals surface area contributed by atoms with Gasteiger partial charge in [0.15, 0.2) is 0 Å². The summed E-state index contributed by atoms with van der Waals surface area (Å²) < 4.78 is 0. The Bertz CT molecular complexity index is 433. The quantitative estimate of drug-likeness (QED) is 0.866. The van der Waals surface area contributed by atoms with Gasteiger partial charge < -0.3 is 10.4 Å². The van der Waals surface area contributed by atoms with Crippen molar-refractivity contribution in [1.29, 1.82) is 0 Å². The Kier molecular flexibility index (Phi) is 5.18. The molecule has 20 heavy (non-hydrogen) atoms. The molecule has 3 heteroatoms. The van der Waals surface area contributed by atoms with Crippen molar-refractivity contribution in [3.05, 3.63) is 35.4 Å². The monoisotopic (exact) mass is 275 g/mol. The number of carboxylic acids is 1. The summed E-state index contributed by atoms with van der Waals surface area (Å²) in [7, 11) is 0. The standard InChI is InChI=1S/C17H25NO2/c1-12-3-5-14(6-4-12)13(2)11-18-16-9-7-15(8-10-16)17(19)20/h3-6,13,15-16,18H,7-11H2,1-2H3,(H,19,20). The van der Waals surface area contributed by atoms with Gasteiger partial charge in [0.05, 0.1) is 5.92 Å². The smallest absolute Gasteiger partial charge is 0.306 e. The van der Waals surface area contributed by atoms with Gasteiger partial charge in [0.2, 0.25) is 0 Å². The van der Waals surface area contributed by atoms with Gasteiger partial charge in [-0.2, -0.15) is 0 Å². The Morgan fingerprint density at radius 2 is 1.85 bits per heavy atom. The first-order valence-corrected chi connectivity index (χ1v) is 7.59. The van der Waals surface area contributed by atoms with E-state index in [9.17, 15) is 4.79 Å². The van der Waals surface area contributed by atoms with Crippen LogP contribution >= 0.6 is 0 Å². The van der Waals surface area contributed by atoms with Crippen LogP contribution in [-0.2, 0) is 4.79 Å². The second kappa shape index (κ2) is 6.89. The van der Waals surface area contributed by atoms with Gasteiger partial charge in [0.1, 0.15) is 0 Å². The fraction of sp³-hybridized carbons (Fsp3) is 0.588. The molecular formula is C17H25NO2. The van der Waals surface area contributed by atoms with E-state index in [4.69, 9.17) is 5.11 Å². The molecule has 2 N–H and O–H groups in total. The third-order valence-electron chi connectivity index (χ3n) is 4.44. The summed E-state index contributed by atoms with van der Waals surface area (Å²) >= 11 is 0. The molecular weight excluding hydrogens is 250 g/mol. The predicted octanol–water partition coefficient (Wildman–Crippen LogP) is 3.33. The SMILES string of the molecule is Cc1ccc(C(C)CNC2CCC(C(=O)O)CC2)cc1. The van der Waals surface area contributed by atoms with Crippen molar-refractivity contribution in [2.45, 2.75) is 51.5 Å². The molecule has 0 heterocycles. The van der Waals surface area contributed by atoms with Gasteiger partial charge in [-0.15, -0.1) is 0 Å². The Balaban J connectivity index is 1.75. The van der Waals surface area contributed by atoms with E-state index in [1.165, 1.54) is 11.1 Å². The molecule has 1 atom stereocenters. The van der Waals surface area contributed by atoms with Gasteiger partial charge in [-0.05, 0) is 44.1 Å². The number of carboxylic acid groups (broad SMARTS) is 1. The zero-order chi connectivity index (χ0) is 14.5. The molecule has 1 fully saturated rings. The first-order chi connectivity index (χ1) is 9.56. The van der Waals surface area contributed by atoms with Crippen LogP contribution in [-0.4, -0.2) is 23.7 Å². The van der Waals surface area contributed by atoms with Crippen LogP contribution in [0.25, 0.3) is 0 Å². The highest BCUT2D eigenvalue weighted by Gasteiger charge is 2.25. The third-order valence-corrected chi connectivity index (χ3v) is 4.44. The highest BCUT2D eigenvalue weighted by Crippen LogP contribution is 2.25. The van der Waals surface area contributed by atoms with Gasteiger partial charge in [-0.1, -0.05) is 36.8 Å². The van der Waals surface area contributed by atoms with Crippen molar-refractivity contribution in [1.82, 2.24) is 5.32 Å². The van der Waals surface area contributed by atoms with Crippen LogP contribution < -0.4 is 5.32 Å². The Hall–Kier alpha value is -1.35. The largest absolute Gasteiger partial charge is 0.481 e. The molecule has 0 bridgehead atoms. The van der Waals surface area contributed by atoms with Crippen molar-refractivity contribution in [2.75, 3.05) is 6.54 Å². The van der Waals surface area contributed by atoms with Crippen molar-refractivity contribution >= 4 is 5.97 Å². The van der Waals surface area contributed by atoms with Gasteiger partial charge in [-0.25, -0.2) is 0 Å². The summed E-state index contributed by atoms with van der Waals surface area (Å²) in [5, 5.41) is 12.6. The number of aliphatic carboxylic acids is 1. The molecule has 0 aromatic heterocycles. The second-order valence-electron chi connectivity index (χ2n) is 6.11. The Morgan fingerprint density at radius 1 is 1.25 bits per heavy atom. The van der Waals surface area contributed by atoms with Crippen LogP contribution in [0.4, 0.5) is 0 Å². The lowest BCUT2D eigenvalue weighted by molar-refractivity contribution is -0.142. The van der Waals surface area contributed by atoms with E-state index in [1.807, 2.05) is 0 Å². The first-order valence-electron chi connectivity index (χ1n) is 7.59.